The van der Waals surface area contributed by atoms with E-state index in [4.69, 9.17) is 33.0 Å². The number of nitrogens with one attached hydrogen (secondary N) is 1. The Balaban J connectivity index is 1.87. The second kappa shape index (κ2) is 7.71. The SMILES string of the molecule is O=C(COc1cccc(Cl)c1Cl)N/N=C\c1ccc(O)cc1O. The van der Waals surface area contributed by atoms with Crippen LogP contribution in [0, 0.1) is 0 Å². The molecule has 0 saturated heterocycles. The van der Waals surface area contributed by atoms with Crippen molar-refractivity contribution in [2.45, 2.75) is 0 Å². The Bertz CT molecular complexity index is 750. The van der Waals surface area contributed by atoms with Gasteiger partial charge in [-0.05, 0) is 24.3 Å². The number of aromatic hydroxyl groups is 2. The van der Waals surface area contributed by atoms with Crippen LogP contribution in [-0.4, -0.2) is 28.9 Å². The average molecular weight is 355 g/mol. The first-order valence-corrected chi connectivity index (χ1v) is 7.13. The van der Waals surface area contributed by atoms with Crippen LogP contribution in [0.2, 0.25) is 10.0 Å². The van der Waals surface area contributed by atoms with E-state index in [-0.39, 0.29) is 28.9 Å². The third-order valence-corrected chi connectivity index (χ3v) is 3.48. The number of rotatable bonds is 5. The Morgan fingerprint density at radius 2 is 2.04 bits per heavy atom. The van der Waals surface area contributed by atoms with E-state index in [1.807, 2.05) is 0 Å². The topological polar surface area (TPSA) is 91.2 Å². The molecule has 23 heavy (non-hydrogen) atoms. The number of amides is 1. The van der Waals surface area contributed by atoms with E-state index < -0.39 is 5.91 Å². The normalized spacial score (nSPS) is 10.7. The fourth-order valence-corrected chi connectivity index (χ4v) is 1.93. The number of benzene rings is 2. The molecule has 0 spiro atoms. The zero-order chi connectivity index (χ0) is 16.8. The van der Waals surface area contributed by atoms with Gasteiger partial charge in [0.2, 0.25) is 0 Å². The van der Waals surface area contributed by atoms with Gasteiger partial charge in [-0.1, -0.05) is 29.3 Å². The molecule has 0 aliphatic heterocycles. The van der Waals surface area contributed by atoms with Crippen molar-refractivity contribution in [2.24, 2.45) is 5.10 Å². The summed E-state index contributed by atoms with van der Waals surface area (Å²) < 4.78 is 5.24. The predicted molar refractivity (Wildman–Crippen MR) is 87.5 cm³/mol. The number of halogens is 2. The quantitative estimate of drug-likeness (QED) is 0.568. The molecule has 0 aliphatic rings. The molecule has 0 unspecified atom stereocenters. The van der Waals surface area contributed by atoms with Crippen molar-refractivity contribution >= 4 is 35.3 Å². The van der Waals surface area contributed by atoms with E-state index in [0.29, 0.717) is 10.6 Å². The monoisotopic (exact) mass is 354 g/mol. The summed E-state index contributed by atoms with van der Waals surface area (Å²) in [6.45, 7) is -0.307. The van der Waals surface area contributed by atoms with Crippen LogP contribution < -0.4 is 10.2 Å². The van der Waals surface area contributed by atoms with Gasteiger partial charge < -0.3 is 14.9 Å². The van der Waals surface area contributed by atoms with Crippen LogP contribution in [0.25, 0.3) is 0 Å². The minimum absolute atomic E-state index is 0.0736. The van der Waals surface area contributed by atoms with Gasteiger partial charge in [-0.15, -0.1) is 0 Å². The summed E-state index contributed by atoms with van der Waals surface area (Å²) in [6.07, 6.45) is 1.24. The molecule has 0 radical (unpaired) electrons. The van der Waals surface area contributed by atoms with Gasteiger partial charge >= 0.3 is 0 Å². The van der Waals surface area contributed by atoms with Gasteiger partial charge in [0.15, 0.2) is 6.61 Å². The van der Waals surface area contributed by atoms with E-state index in [0.717, 1.165) is 6.07 Å². The molecule has 0 atom stereocenters. The molecule has 120 valence electrons. The molecule has 2 aromatic rings. The van der Waals surface area contributed by atoms with Crippen molar-refractivity contribution in [2.75, 3.05) is 6.61 Å². The minimum atomic E-state index is -0.518. The highest BCUT2D eigenvalue weighted by Crippen LogP contribution is 2.31. The maximum absolute atomic E-state index is 11.6. The maximum Gasteiger partial charge on any atom is 0.277 e. The van der Waals surface area contributed by atoms with Crippen LogP contribution in [0.3, 0.4) is 0 Å². The minimum Gasteiger partial charge on any atom is -0.508 e. The van der Waals surface area contributed by atoms with Crippen molar-refractivity contribution < 1.29 is 19.7 Å². The van der Waals surface area contributed by atoms with Gasteiger partial charge in [-0.25, -0.2) is 5.43 Å². The number of ether oxygens (including phenoxy) is 1. The summed E-state index contributed by atoms with van der Waals surface area (Å²) in [5, 5.41) is 22.9. The molecule has 2 rings (SSSR count). The summed E-state index contributed by atoms with van der Waals surface area (Å²) in [6, 6.07) is 8.82. The molecule has 2 aromatic carbocycles. The number of nitrogens with zero attached hydrogens (tertiary/aromatic N) is 1. The zero-order valence-corrected chi connectivity index (χ0v) is 13.2. The van der Waals surface area contributed by atoms with Crippen molar-refractivity contribution in [3.05, 3.63) is 52.0 Å². The largest absolute Gasteiger partial charge is 0.508 e. The van der Waals surface area contributed by atoms with Crippen LogP contribution in [0.15, 0.2) is 41.5 Å². The Morgan fingerprint density at radius 3 is 2.78 bits per heavy atom. The number of hydrogen-bond acceptors (Lipinski definition) is 5. The van der Waals surface area contributed by atoms with Gasteiger partial charge in [-0.3, -0.25) is 4.79 Å². The average Bonchev–Trinajstić information content (AvgIpc) is 2.51. The molecule has 1 amide bonds. The number of carbonyl (C=O) groups excluding carboxylic acids is 1. The molecule has 0 saturated carbocycles. The zero-order valence-electron chi connectivity index (χ0n) is 11.7. The van der Waals surface area contributed by atoms with Crippen LogP contribution >= 0.6 is 23.2 Å². The first-order valence-electron chi connectivity index (χ1n) is 6.38. The van der Waals surface area contributed by atoms with Gasteiger partial charge in [0, 0.05) is 11.6 Å². The van der Waals surface area contributed by atoms with Gasteiger partial charge in [0.25, 0.3) is 5.91 Å². The molecule has 8 heteroatoms. The molecular formula is C15H12Cl2N2O4. The van der Waals surface area contributed by atoms with Gasteiger partial charge in [0.05, 0.1) is 11.2 Å². The van der Waals surface area contributed by atoms with E-state index in [1.165, 1.54) is 18.3 Å². The Kier molecular flexibility index (Phi) is 5.67. The molecule has 0 aliphatic carbocycles. The highest BCUT2D eigenvalue weighted by molar-refractivity contribution is 6.42. The van der Waals surface area contributed by atoms with Crippen LogP contribution in [-0.2, 0) is 4.79 Å². The van der Waals surface area contributed by atoms with Gasteiger partial charge in [-0.2, -0.15) is 5.10 Å². The third kappa shape index (κ3) is 4.77. The highest BCUT2D eigenvalue weighted by atomic mass is 35.5. The van der Waals surface area contributed by atoms with E-state index in [9.17, 15) is 9.90 Å². The first kappa shape index (κ1) is 16.9. The number of phenols is 2. The molecular weight excluding hydrogens is 343 g/mol. The summed E-state index contributed by atoms with van der Waals surface area (Å²) in [7, 11) is 0. The smallest absolute Gasteiger partial charge is 0.277 e. The lowest BCUT2D eigenvalue weighted by Crippen LogP contribution is -2.24. The molecule has 0 aromatic heterocycles. The van der Waals surface area contributed by atoms with Crippen molar-refractivity contribution in [1.82, 2.24) is 5.43 Å². The number of hydrazone groups is 1. The lowest BCUT2D eigenvalue weighted by molar-refractivity contribution is -0.123. The van der Waals surface area contributed by atoms with E-state index in [1.54, 1.807) is 18.2 Å². The third-order valence-electron chi connectivity index (χ3n) is 2.68. The molecule has 0 bridgehead atoms. The van der Waals surface area contributed by atoms with Crippen molar-refractivity contribution in [1.29, 1.82) is 0 Å². The summed E-state index contributed by atoms with van der Waals surface area (Å²) >= 11 is 11.8. The lowest BCUT2D eigenvalue weighted by Gasteiger charge is -2.07. The lowest BCUT2D eigenvalue weighted by atomic mass is 10.2. The summed E-state index contributed by atoms with van der Waals surface area (Å²) in [4.78, 5) is 11.6. The number of hydrogen-bond donors (Lipinski definition) is 3. The predicted octanol–water partition coefficient (Wildman–Crippen LogP) is 2.93. The molecule has 0 fully saturated rings. The van der Waals surface area contributed by atoms with Crippen molar-refractivity contribution in [3.8, 4) is 17.2 Å². The maximum atomic E-state index is 11.6. The van der Waals surface area contributed by atoms with E-state index >= 15 is 0 Å². The Hall–Kier alpha value is -2.44. The van der Waals surface area contributed by atoms with E-state index in [2.05, 4.69) is 10.5 Å². The number of carbonyl (C=O) groups is 1. The first-order chi connectivity index (χ1) is 11.0. The fourth-order valence-electron chi connectivity index (χ4n) is 1.59. The number of phenolic OH excluding ortho intramolecular Hbond substituents is 2. The van der Waals surface area contributed by atoms with Crippen molar-refractivity contribution in [3.63, 3.8) is 0 Å². The summed E-state index contributed by atoms with van der Waals surface area (Å²) in [5.74, 6) is -0.467. The molecule has 3 N–H and O–H groups in total. The summed E-state index contributed by atoms with van der Waals surface area (Å²) in [5.41, 5.74) is 2.57. The standard InChI is InChI=1S/C15H12Cl2N2O4/c16-11-2-1-3-13(15(11)17)23-8-14(22)19-18-7-9-4-5-10(20)6-12(9)21/h1-7,20-21H,8H2,(H,19,22)/b18-7-. The van der Waals surface area contributed by atoms with Crippen LogP contribution in [0.4, 0.5) is 0 Å². The Labute approximate surface area is 141 Å². The fraction of sp³-hybridized carbons (Fsp3) is 0.0667. The van der Waals surface area contributed by atoms with Crippen LogP contribution in [0.1, 0.15) is 5.56 Å². The van der Waals surface area contributed by atoms with Crippen LogP contribution in [0.5, 0.6) is 17.2 Å². The second-order valence-corrected chi connectivity index (χ2v) is 5.16. The van der Waals surface area contributed by atoms with Gasteiger partial charge in [0.1, 0.15) is 22.3 Å². The second-order valence-electron chi connectivity index (χ2n) is 4.38. The Morgan fingerprint density at radius 1 is 1.26 bits per heavy atom. The molecule has 6 nitrogen and oxygen atoms in total. The highest BCUT2D eigenvalue weighted by Gasteiger charge is 2.07. The molecule has 0 heterocycles.